The van der Waals surface area contributed by atoms with Gasteiger partial charge in [-0.3, -0.25) is 4.79 Å². The number of carbonyl (C=O) groups is 2. The van der Waals surface area contributed by atoms with Crippen molar-refractivity contribution >= 4 is 23.5 Å². The fraction of sp³-hybridized carbons (Fsp3) is 0.467. The van der Waals surface area contributed by atoms with Gasteiger partial charge < -0.3 is 19.1 Å². The molecule has 1 fully saturated rings. The molecule has 0 N–H and O–H groups in total. The van der Waals surface area contributed by atoms with Crippen LogP contribution in [0.1, 0.15) is 29.6 Å². The normalized spacial score (nSPS) is 19.9. The molecule has 118 valence electrons. The van der Waals surface area contributed by atoms with Gasteiger partial charge in [0.1, 0.15) is 6.04 Å². The third-order valence-electron chi connectivity index (χ3n) is 3.91. The first kappa shape index (κ1) is 15.0. The average Bonchev–Trinajstić information content (AvgIpc) is 3.02. The van der Waals surface area contributed by atoms with E-state index in [2.05, 4.69) is 0 Å². The van der Waals surface area contributed by atoms with E-state index in [9.17, 15) is 9.59 Å². The summed E-state index contributed by atoms with van der Waals surface area (Å²) in [5, 5.41) is 0.324. The quantitative estimate of drug-likeness (QED) is 0.780. The standard InChI is InChI=1S/C15H16ClNO5/c1-20-15(19)11-4-2-3-5-17(11)14(18)9-6-10(16)13-12(7-9)21-8-22-13/h6-7,11H,2-5,8H2,1H3/t11-/m0/s1. The van der Waals surface area contributed by atoms with E-state index in [1.54, 1.807) is 17.0 Å². The predicted octanol–water partition coefficient (Wildman–Crippen LogP) is 2.24. The summed E-state index contributed by atoms with van der Waals surface area (Å²) in [5.41, 5.74) is 0.380. The van der Waals surface area contributed by atoms with Crippen LogP contribution < -0.4 is 9.47 Å². The van der Waals surface area contributed by atoms with Crippen molar-refractivity contribution in [2.24, 2.45) is 0 Å². The van der Waals surface area contributed by atoms with Gasteiger partial charge in [-0.05, 0) is 31.4 Å². The van der Waals surface area contributed by atoms with Crippen molar-refractivity contribution < 1.29 is 23.8 Å². The fourth-order valence-electron chi connectivity index (χ4n) is 2.81. The lowest BCUT2D eigenvalue weighted by molar-refractivity contribution is -0.147. The molecule has 0 saturated carbocycles. The van der Waals surface area contributed by atoms with Gasteiger partial charge >= 0.3 is 5.97 Å². The zero-order valence-corrected chi connectivity index (χ0v) is 12.9. The molecule has 1 aromatic carbocycles. The molecular formula is C15H16ClNO5. The minimum atomic E-state index is -0.546. The van der Waals surface area contributed by atoms with Gasteiger partial charge in [-0.2, -0.15) is 0 Å². The lowest BCUT2D eigenvalue weighted by Crippen LogP contribution is -2.48. The van der Waals surface area contributed by atoms with E-state index in [-0.39, 0.29) is 18.7 Å². The highest BCUT2D eigenvalue weighted by atomic mass is 35.5. The molecule has 2 aliphatic heterocycles. The zero-order valence-electron chi connectivity index (χ0n) is 12.1. The molecule has 0 aliphatic carbocycles. The topological polar surface area (TPSA) is 65.1 Å². The maximum atomic E-state index is 12.7. The Bertz CT molecular complexity index is 618. The molecular weight excluding hydrogens is 310 g/mol. The molecule has 2 heterocycles. The van der Waals surface area contributed by atoms with Crippen molar-refractivity contribution in [2.75, 3.05) is 20.4 Å². The van der Waals surface area contributed by atoms with Crippen molar-refractivity contribution in [3.05, 3.63) is 22.7 Å². The molecule has 6 nitrogen and oxygen atoms in total. The Morgan fingerprint density at radius 1 is 1.32 bits per heavy atom. The Hall–Kier alpha value is -1.95. The molecule has 22 heavy (non-hydrogen) atoms. The first-order valence-electron chi connectivity index (χ1n) is 7.09. The lowest BCUT2D eigenvalue weighted by Gasteiger charge is -2.33. The third-order valence-corrected chi connectivity index (χ3v) is 4.19. The number of amides is 1. The van der Waals surface area contributed by atoms with E-state index < -0.39 is 6.04 Å². The van der Waals surface area contributed by atoms with Crippen LogP contribution in [-0.2, 0) is 9.53 Å². The van der Waals surface area contributed by atoms with Crippen LogP contribution in [0.3, 0.4) is 0 Å². The number of ether oxygens (including phenoxy) is 3. The van der Waals surface area contributed by atoms with E-state index in [4.69, 9.17) is 25.8 Å². The van der Waals surface area contributed by atoms with Gasteiger partial charge in [-0.15, -0.1) is 0 Å². The molecule has 0 radical (unpaired) electrons. The Morgan fingerprint density at radius 3 is 2.91 bits per heavy atom. The number of halogens is 1. The van der Waals surface area contributed by atoms with Crippen LogP contribution in [0.5, 0.6) is 11.5 Å². The zero-order chi connectivity index (χ0) is 15.7. The van der Waals surface area contributed by atoms with Crippen LogP contribution in [0.25, 0.3) is 0 Å². The summed E-state index contributed by atoms with van der Waals surface area (Å²) in [4.78, 5) is 26.2. The number of fused-ring (bicyclic) bond motifs is 1. The molecule has 0 bridgehead atoms. The van der Waals surface area contributed by atoms with Gasteiger partial charge in [-0.1, -0.05) is 11.6 Å². The van der Waals surface area contributed by atoms with E-state index in [0.717, 1.165) is 12.8 Å². The van der Waals surface area contributed by atoms with Crippen molar-refractivity contribution in [1.82, 2.24) is 4.90 Å². The molecule has 0 aromatic heterocycles. The molecule has 3 rings (SSSR count). The second-order valence-electron chi connectivity index (χ2n) is 5.23. The number of hydrogen-bond donors (Lipinski definition) is 0. The fourth-order valence-corrected chi connectivity index (χ4v) is 3.08. The Kier molecular flexibility index (Phi) is 4.11. The van der Waals surface area contributed by atoms with Gasteiger partial charge in [0.15, 0.2) is 11.5 Å². The van der Waals surface area contributed by atoms with Crippen LogP contribution in [0.2, 0.25) is 5.02 Å². The lowest BCUT2D eigenvalue weighted by atomic mass is 10.0. The molecule has 1 atom stereocenters. The first-order chi connectivity index (χ1) is 10.6. The highest BCUT2D eigenvalue weighted by Crippen LogP contribution is 2.40. The third kappa shape index (κ3) is 2.59. The van der Waals surface area contributed by atoms with Gasteiger partial charge in [0, 0.05) is 12.1 Å². The molecule has 7 heteroatoms. The molecule has 1 saturated heterocycles. The molecule has 1 aromatic rings. The SMILES string of the molecule is COC(=O)[C@@H]1CCCCN1C(=O)c1cc(Cl)c2c(c1)OCO2. The highest BCUT2D eigenvalue weighted by molar-refractivity contribution is 6.32. The van der Waals surface area contributed by atoms with Crippen molar-refractivity contribution in [3.8, 4) is 11.5 Å². The van der Waals surface area contributed by atoms with Crippen molar-refractivity contribution in [1.29, 1.82) is 0 Å². The van der Waals surface area contributed by atoms with Crippen molar-refractivity contribution in [3.63, 3.8) is 0 Å². The second-order valence-corrected chi connectivity index (χ2v) is 5.63. The summed E-state index contributed by atoms with van der Waals surface area (Å²) in [6, 6.07) is 2.59. The average molecular weight is 326 g/mol. The number of nitrogens with zero attached hydrogens (tertiary/aromatic N) is 1. The van der Waals surface area contributed by atoms with Crippen LogP contribution in [-0.4, -0.2) is 43.3 Å². The largest absolute Gasteiger partial charge is 0.467 e. The summed E-state index contributed by atoms with van der Waals surface area (Å²) >= 11 is 6.12. The molecule has 2 aliphatic rings. The second kappa shape index (κ2) is 6.04. The molecule has 0 spiro atoms. The number of rotatable bonds is 2. The summed E-state index contributed by atoms with van der Waals surface area (Å²) in [6.07, 6.45) is 2.36. The number of likely N-dealkylation sites (tertiary alicyclic amines) is 1. The molecule has 0 unspecified atom stereocenters. The minimum absolute atomic E-state index is 0.0845. The Balaban J connectivity index is 1.89. The summed E-state index contributed by atoms with van der Waals surface area (Å²) in [6.45, 7) is 0.603. The van der Waals surface area contributed by atoms with E-state index in [1.807, 2.05) is 0 Å². The van der Waals surface area contributed by atoms with E-state index in [0.29, 0.717) is 35.1 Å². The van der Waals surface area contributed by atoms with Gasteiger partial charge in [-0.25, -0.2) is 4.79 Å². The summed E-state index contributed by atoms with van der Waals surface area (Å²) < 4.78 is 15.3. The van der Waals surface area contributed by atoms with Crippen molar-refractivity contribution in [2.45, 2.75) is 25.3 Å². The maximum absolute atomic E-state index is 12.7. The number of piperidine rings is 1. The number of carbonyl (C=O) groups excluding carboxylic acids is 2. The number of benzene rings is 1. The van der Waals surface area contributed by atoms with E-state index >= 15 is 0 Å². The highest BCUT2D eigenvalue weighted by Gasteiger charge is 2.34. The van der Waals surface area contributed by atoms with Crippen LogP contribution >= 0.6 is 11.6 Å². The van der Waals surface area contributed by atoms with Crippen LogP contribution in [0.4, 0.5) is 0 Å². The number of esters is 1. The maximum Gasteiger partial charge on any atom is 0.328 e. The molecule has 1 amide bonds. The summed E-state index contributed by atoms with van der Waals surface area (Å²) in [5.74, 6) is 0.249. The van der Waals surface area contributed by atoms with E-state index in [1.165, 1.54) is 7.11 Å². The summed E-state index contributed by atoms with van der Waals surface area (Å²) in [7, 11) is 1.33. The van der Waals surface area contributed by atoms with Gasteiger partial charge in [0.2, 0.25) is 6.79 Å². The Morgan fingerprint density at radius 2 is 2.14 bits per heavy atom. The minimum Gasteiger partial charge on any atom is -0.467 e. The Labute approximate surface area is 132 Å². The van der Waals surface area contributed by atoms with Gasteiger partial charge in [0.05, 0.1) is 12.1 Å². The first-order valence-corrected chi connectivity index (χ1v) is 7.47. The monoisotopic (exact) mass is 325 g/mol. The van der Waals surface area contributed by atoms with Crippen LogP contribution in [0.15, 0.2) is 12.1 Å². The predicted molar refractivity (Wildman–Crippen MR) is 78.3 cm³/mol. The van der Waals surface area contributed by atoms with Gasteiger partial charge in [0.25, 0.3) is 5.91 Å². The smallest absolute Gasteiger partial charge is 0.328 e. The number of methoxy groups -OCH3 is 1. The van der Waals surface area contributed by atoms with Crippen LogP contribution in [0, 0.1) is 0 Å². The number of hydrogen-bond acceptors (Lipinski definition) is 5.